The summed E-state index contributed by atoms with van der Waals surface area (Å²) in [7, 11) is 0. The third-order valence-electron chi connectivity index (χ3n) is 3.12. The summed E-state index contributed by atoms with van der Waals surface area (Å²) >= 11 is 0. The second-order valence-corrected chi connectivity index (χ2v) is 4.76. The van der Waals surface area contributed by atoms with Crippen LogP contribution in [0.4, 0.5) is 0 Å². The maximum atomic E-state index is 12.0. The van der Waals surface area contributed by atoms with Gasteiger partial charge in [-0.1, -0.05) is 18.2 Å². The number of benzene rings is 1. The average molecular weight is 255 g/mol. The topological polar surface area (TPSA) is 57.8 Å². The first-order valence-corrected chi connectivity index (χ1v) is 6.33. The van der Waals surface area contributed by atoms with Crippen molar-refractivity contribution in [2.75, 3.05) is 0 Å². The molecule has 0 radical (unpaired) electrons. The van der Waals surface area contributed by atoms with Gasteiger partial charge in [0.05, 0.1) is 12.5 Å². The average Bonchev–Trinajstić information content (AvgIpc) is 2.66. The van der Waals surface area contributed by atoms with Crippen LogP contribution in [0.25, 0.3) is 10.9 Å². The highest BCUT2D eigenvalue weighted by Crippen LogP contribution is 2.18. The molecule has 1 heterocycles. The summed E-state index contributed by atoms with van der Waals surface area (Å²) in [5.74, 6) is -0.0628. The van der Waals surface area contributed by atoms with Gasteiger partial charge in [0, 0.05) is 17.3 Å². The Morgan fingerprint density at radius 2 is 2.21 bits per heavy atom. The lowest BCUT2D eigenvalue weighted by molar-refractivity contribution is -0.122. The van der Waals surface area contributed by atoms with E-state index < -0.39 is 0 Å². The van der Waals surface area contributed by atoms with E-state index in [0.29, 0.717) is 6.42 Å². The lowest BCUT2D eigenvalue weighted by Crippen LogP contribution is -2.35. The Labute approximate surface area is 112 Å². The second kappa shape index (κ2) is 5.57. The van der Waals surface area contributed by atoms with Gasteiger partial charge < -0.3 is 9.88 Å². The van der Waals surface area contributed by atoms with E-state index in [0.717, 1.165) is 16.6 Å². The largest absolute Gasteiger partial charge is 0.351 e. The van der Waals surface area contributed by atoms with Crippen molar-refractivity contribution in [2.24, 2.45) is 0 Å². The first-order chi connectivity index (χ1) is 9.11. The molecule has 1 N–H and O–H groups in total. The van der Waals surface area contributed by atoms with Gasteiger partial charge in [0.2, 0.25) is 5.91 Å². The van der Waals surface area contributed by atoms with Gasteiger partial charge >= 0.3 is 0 Å². The zero-order valence-corrected chi connectivity index (χ0v) is 11.2. The summed E-state index contributed by atoms with van der Waals surface area (Å²) in [6.07, 6.45) is 0.331. The van der Waals surface area contributed by atoms with E-state index >= 15 is 0 Å². The number of para-hydroxylation sites is 1. The normalized spacial score (nSPS) is 12.1. The van der Waals surface area contributed by atoms with Crippen LogP contribution in [-0.4, -0.2) is 16.5 Å². The number of nitrogens with one attached hydrogen (secondary N) is 1. The zero-order valence-electron chi connectivity index (χ0n) is 11.2. The Kier molecular flexibility index (Phi) is 3.86. The van der Waals surface area contributed by atoms with Crippen molar-refractivity contribution >= 4 is 16.8 Å². The van der Waals surface area contributed by atoms with Crippen molar-refractivity contribution in [3.63, 3.8) is 0 Å². The number of hydrogen-bond acceptors (Lipinski definition) is 2. The summed E-state index contributed by atoms with van der Waals surface area (Å²) in [5.41, 5.74) is 2.12. The highest BCUT2D eigenvalue weighted by atomic mass is 16.2. The van der Waals surface area contributed by atoms with E-state index in [2.05, 4.69) is 17.5 Å². The van der Waals surface area contributed by atoms with Crippen LogP contribution in [0.3, 0.4) is 0 Å². The van der Waals surface area contributed by atoms with E-state index in [1.807, 2.05) is 42.7 Å². The SMILES string of the molecule is Cc1cc2ccccc2n1CC(=O)NC(C)CC#N. The molecular weight excluding hydrogens is 238 g/mol. The summed E-state index contributed by atoms with van der Waals surface area (Å²) in [4.78, 5) is 12.0. The number of rotatable bonds is 4. The van der Waals surface area contributed by atoms with Crippen LogP contribution in [0.5, 0.6) is 0 Å². The molecule has 4 heteroatoms. The van der Waals surface area contributed by atoms with Crippen LogP contribution in [-0.2, 0) is 11.3 Å². The highest BCUT2D eigenvalue weighted by Gasteiger charge is 2.11. The molecule has 19 heavy (non-hydrogen) atoms. The maximum absolute atomic E-state index is 12.0. The van der Waals surface area contributed by atoms with Crippen LogP contribution in [0, 0.1) is 18.3 Å². The predicted molar refractivity (Wildman–Crippen MR) is 74.5 cm³/mol. The van der Waals surface area contributed by atoms with Crippen molar-refractivity contribution < 1.29 is 4.79 Å². The number of fused-ring (bicyclic) bond motifs is 1. The Morgan fingerprint density at radius 1 is 1.47 bits per heavy atom. The highest BCUT2D eigenvalue weighted by molar-refractivity contribution is 5.84. The number of nitriles is 1. The lowest BCUT2D eigenvalue weighted by atomic mass is 10.2. The van der Waals surface area contributed by atoms with Gasteiger partial charge in [-0.25, -0.2) is 0 Å². The minimum absolute atomic E-state index is 0.0628. The van der Waals surface area contributed by atoms with Gasteiger partial charge in [-0.15, -0.1) is 0 Å². The fourth-order valence-corrected chi connectivity index (χ4v) is 2.21. The quantitative estimate of drug-likeness (QED) is 0.911. The molecule has 0 spiro atoms. The minimum Gasteiger partial charge on any atom is -0.351 e. The van der Waals surface area contributed by atoms with Crippen molar-refractivity contribution in [3.05, 3.63) is 36.0 Å². The van der Waals surface area contributed by atoms with E-state index in [1.54, 1.807) is 0 Å². The lowest BCUT2D eigenvalue weighted by Gasteiger charge is -2.12. The van der Waals surface area contributed by atoms with Crippen molar-refractivity contribution in [2.45, 2.75) is 32.9 Å². The number of aryl methyl sites for hydroxylation is 1. The second-order valence-electron chi connectivity index (χ2n) is 4.76. The molecule has 0 aliphatic carbocycles. The van der Waals surface area contributed by atoms with Crippen molar-refractivity contribution in [1.82, 2.24) is 9.88 Å². The molecule has 0 saturated heterocycles. The van der Waals surface area contributed by atoms with Crippen molar-refractivity contribution in [1.29, 1.82) is 5.26 Å². The van der Waals surface area contributed by atoms with Crippen LogP contribution in [0.1, 0.15) is 19.0 Å². The Bertz CT molecular complexity index is 636. The molecule has 1 atom stereocenters. The fourth-order valence-electron chi connectivity index (χ4n) is 2.21. The molecular formula is C15H17N3O. The number of aromatic nitrogens is 1. The van der Waals surface area contributed by atoms with Crippen LogP contribution in [0.2, 0.25) is 0 Å². The standard InChI is InChI=1S/C15H17N3O/c1-11(7-8-16)17-15(19)10-18-12(2)9-13-5-3-4-6-14(13)18/h3-6,9,11H,7,10H2,1-2H3,(H,17,19). The molecule has 1 unspecified atom stereocenters. The first-order valence-electron chi connectivity index (χ1n) is 6.33. The summed E-state index contributed by atoms with van der Waals surface area (Å²) in [6, 6.07) is 12.0. The molecule has 0 aliphatic heterocycles. The number of carbonyl (C=O) groups excluding carboxylic acids is 1. The van der Waals surface area contributed by atoms with Crippen LogP contribution in [0.15, 0.2) is 30.3 Å². The zero-order chi connectivity index (χ0) is 13.8. The smallest absolute Gasteiger partial charge is 0.240 e. The Balaban J connectivity index is 2.15. The van der Waals surface area contributed by atoms with Gasteiger partial charge in [0.25, 0.3) is 0 Å². The predicted octanol–water partition coefficient (Wildman–Crippen LogP) is 2.37. The molecule has 1 aromatic heterocycles. The van der Waals surface area contributed by atoms with E-state index in [9.17, 15) is 4.79 Å². The van der Waals surface area contributed by atoms with Gasteiger partial charge in [-0.3, -0.25) is 4.79 Å². The first kappa shape index (κ1) is 13.2. The number of amides is 1. The molecule has 4 nitrogen and oxygen atoms in total. The Morgan fingerprint density at radius 3 is 2.95 bits per heavy atom. The monoisotopic (exact) mass is 255 g/mol. The fraction of sp³-hybridized carbons (Fsp3) is 0.333. The van der Waals surface area contributed by atoms with E-state index in [4.69, 9.17) is 5.26 Å². The van der Waals surface area contributed by atoms with Crippen molar-refractivity contribution in [3.8, 4) is 6.07 Å². The molecule has 1 amide bonds. The third kappa shape index (κ3) is 2.94. The minimum atomic E-state index is -0.111. The van der Waals surface area contributed by atoms with Gasteiger partial charge in [-0.2, -0.15) is 5.26 Å². The molecule has 2 aromatic rings. The van der Waals surface area contributed by atoms with Crippen LogP contribution < -0.4 is 5.32 Å². The van der Waals surface area contributed by atoms with E-state index in [-0.39, 0.29) is 18.5 Å². The third-order valence-corrected chi connectivity index (χ3v) is 3.12. The molecule has 0 fully saturated rings. The summed E-state index contributed by atoms with van der Waals surface area (Å²) in [6.45, 7) is 4.11. The van der Waals surface area contributed by atoms with Gasteiger partial charge in [0.1, 0.15) is 6.54 Å². The molecule has 0 aliphatic rings. The molecule has 2 rings (SSSR count). The Hall–Kier alpha value is -2.28. The number of carbonyl (C=O) groups is 1. The van der Waals surface area contributed by atoms with E-state index in [1.165, 1.54) is 0 Å². The molecule has 98 valence electrons. The number of nitrogens with zero attached hydrogens (tertiary/aromatic N) is 2. The van der Waals surface area contributed by atoms with Crippen LogP contribution >= 0.6 is 0 Å². The molecule has 0 saturated carbocycles. The number of hydrogen-bond donors (Lipinski definition) is 1. The summed E-state index contributed by atoms with van der Waals surface area (Å²) < 4.78 is 1.99. The van der Waals surface area contributed by atoms with Gasteiger partial charge in [0.15, 0.2) is 0 Å². The van der Waals surface area contributed by atoms with Gasteiger partial charge in [-0.05, 0) is 31.4 Å². The molecule has 1 aromatic carbocycles. The molecule has 0 bridgehead atoms. The summed E-state index contributed by atoms with van der Waals surface area (Å²) in [5, 5.41) is 12.6. The maximum Gasteiger partial charge on any atom is 0.240 e.